The van der Waals surface area contributed by atoms with Crippen molar-refractivity contribution in [3.8, 4) is 0 Å². The van der Waals surface area contributed by atoms with Crippen LogP contribution >= 0.6 is 23.2 Å². The zero-order valence-electron chi connectivity index (χ0n) is 12.4. The van der Waals surface area contributed by atoms with E-state index < -0.39 is 0 Å². The number of amides is 1. The Labute approximate surface area is 139 Å². The largest absolute Gasteiger partial charge is 0.346 e. The van der Waals surface area contributed by atoms with Crippen molar-refractivity contribution >= 4 is 40.6 Å². The molecule has 0 radical (unpaired) electrons. The Morgan fingerprint density at radius 2 is 1.86 bits per heavy atom. The van der Waals surface area contributed by atoms with Crippen LogP contribution < -0.4 is 10.6 Å². The van der Waals surface area contributed by atoms with E-state index in [0.29, 0.717) is 21.6 Å². The fourth-order valence-electron chi connectivity index (χ4n) is 1.69. The number of halogens is 2. The molecule has 0 unspecified atom stereocenters. The van der Waals surface area contributed by atoms with Gasteiger partial charge in [-0.3, -0.25) is 4.79 Å². The van der Waals surface area contributed by atoms with Gasteiger partial charge in [-0.2, -0.15) is 0 Å². The molecule has 2 N–H and O–H groups in total. The molecule has 0 aliphatic rings. The number of hydrogen-bond acceptors (Lipinski definition) is 4. The molecule has 0 fully saturated rings. The number of hydrogen-bond donors (Lipinski definition) is 2. The molecule has 2 aromatic rings. The molecule has 0 spiro atoms. The van der Waals surface area contributed by atoms with E-state index in [0.717, 1.165) is 0 Å². The van der Waals surface area contributed by atoms with E-state index in [-0.39, 0.29) is 17.1 Å². The summed E-state index contributed by atoms with van der Waals surface area (Å²) in [6.07, 6.45) is 1.32. The number of carbonyl (C=O) groups is 1. The average Bonchev–Trinajstić information content (AvgIpc) is 2.41. The Morgan fingerprint density at radius 3 is 2.55 bits per heavy atom. The Balaban J connectivity index is 2.22. The summed E-state index contributed by atoms with van der Waals surface area (Å²) in [5.41, 5.74) is 0.534. The highest BCUT2D eigenvalue weighted by molar-refractivity contribution is 6.35. The van der Waals surface area contributed by atoms with Crippen molar-refractivity contribution in [2.75, 3.05) is 5.32 Å². The van der Waals surface area contributed by atoms with Crippen molar-refractivity contribution in [1.82, 2.24) is 15.3 Å². The molecule has 1 heterocycles. The maximum Gasteiger partial charge on any atom is 0.270 e. The second kappa shape index (κ2) is 6.50. The molecule has 1 aromatic carbocycles. The summed E-state index contributed by atoms with van der Waals surface area (Å²) in [6.45, 7) is 5.70. The molecule has 0 aliphatic carbocycles. The van der Waals surface area contributed by atoms with Crippen LogP contribution in [0.25, 0.3) is 0 Å². The van der Waals surface area contributed by atoms with Crippen LogP contribution in [0.15, 0.2) is 30.6 Å². The number of benzene rings is 1. The summed E-state index contributed by atoms with van der Waals surface area (Å²) in [4.78, 5) is 20.2. The molecule has 0 saturated carbocycles. The first kappa shape index (κ1) is 16.5. The SMILES string of the molecule is CC(C)(C)NC(=O)c1cc(Nc2cc(Cl)ccc2Cl)ncn1. The molecule has 1 amide bonds. The van der Waals surface area contributed by atoms with E-state index in [4.69, 9.17) is 23.2 Å². The van der Waals surface area contributed by atoms with E-state index >= 15 is 0 Å². The first-order valence-corrected chi connectivity index (χ1v) is 7.37. The molecule has 0 saturated heterocycles. The van der Waals surface area contributed by atoms with E-state index in [1.165, 1.54) is 6.33 Å². The van der Waals surface area contributed by atoms with Gasteiger partial charge in [0.25, 0.3) is 5.91 Å². The lowest BCUT2D eigenvalue weighted by molar-refractivity contribution is 0.0914. The molecular formula is C15H16Cl2N4O. The second-order valence-electron chi connectivity index (χ2n) is 5.74. The third-order valence-electron chi connectivity index (χ3n) is 2.58. The van der Waals surface area contributed by atoms with Gasteiger partial charge in [0.1, 0.15) is 17.8 Å². The van der Waals surface area contributed by atoms with Gasteiger partial charge in [-0.05, 0) is 39.0 Å². The molecule has 2 rings (SSSR count). The summed E-state index contributed by atoms with van der Waals surface area (Å²) in [5.74, 6) is 0.188. The zero-order valence-corrected chi connectivity index (χ0v) is 14.0. The van der Waals surface area contributed by atoms with Crippen molar-refractivity contribution in [3.63, 3.8) is 0 Å². The number of nitrogens with one attached hydrogen (secondary N) is 2. The van der Waals surface area contributed by atoms with Gasteiger partial charge in [0.15, 0.2) is 0 Å². The number of aromatic nitrogens is 2. The topological polar surface area (TPSA) is 66.9 Å². The highest BCUT2D eigenvalue weighted by Crippen LogP contribution is 2.27. The van der Waals surface area contributed by atoms with Gasteiger partial charge in [-0.1, -0.05) is 23.2 Å². The van der Waals surface area contributed by atoms with Crippen LogP contribution in [0, 0.1) is 0 Å². The Hall–Kier alpha value is -1.85. The Kier molecular flexibility index (Phi) is 4.88. The van der Waals surface area contributed by atoms with Gasteiger partial charge in [0.2, 0.25) is 0 Å². The predicted octanol–water partition coefficient (Wildman–Crippen LogP) is 4.06. The second-order valence-corrected chi connectivity index (χ2v) is 6.59. The van der Waals surface area contributed by atoms with Crippen LogP contribution in [0.4, 0.5) is 11.5 Å². The van der Waals surface area contributed by atoms with Crippen molar-refractivity contribution in [1.29, 1.82) is 0 Å². The number of nitrogens with zero attached hydrogens (tertiary/aromatic N) is 2. The van der Waals surface area contributed by atoms with Crippen molar-refractivity contribution in [3.05, 3.63) is 46.3 Å². The molecular weight excluding hydrogens is 323 g/mol. The minimum Gasteiger partial charge on any atom is -0.346 e. The van der Waals surface area contributed by atoms with Crippen LogP contribution in [-0.4, -0.2) is 21.4 Å². The molecule has 7 heteroatoms. The standard InChI is InChI=1S/C15H16Cl2N4O/c1-15(2,3)21-14(22)12-7-13(19-8-18-12)20-11-6-9(16)4-5-10(11)17/h4-8H,1-3H3,(H,21,22)(H,18,19,20). The lowest BCUT2D eigenvalue weighted by Crippen LogP contribution is -2.40. The zero-order chi connectivity index (χ0) is 16.3. The lowest BCUT2D eigenvalue weighted by atomic mass is 10.1. The molecule has 116 valence electrons. The van der Waals surface area contributed by atoms with Crippen molar-refractivity contribution in [2.24, 2.45) is 0 Å². The Bertz CT molecular complexity index is 698. The van der Waals surface area contributed by atoms with E-state index in [9.17, 15) is 4.79 Å². The Morgan fingerprint density at radius 1 is 1.14 bits per heavy atom. The van der Waals surface area contributed by atoms with Gasteiger partial charge < -0.3 is 10.6 Å². The van der Waals surface area contributed by atoms with Crippen molar-refractivity contribution in [2.45, 2.75) is 26.3 Å². The first-order chi connectivity index (χ1) is 10.2. The summed E-state index contributed by atoms with van der Waals surface area (Å²) in [7, 11) is 0. The van der Waals surface area contributed by atoms with E-state index in [1.54, 1.807) is 24.3 Å². The van der Waals surface area contributed by atoms with Gasteiger partial charge in [0, 0.05) is 16.6 Å². The smallest absolute Gasteiger partial charge is 0.270 e. The number of anilines is 2. The minimum atomic E-state index is -0.341. The lowest BCUT2D eigenvalue weighted by Gasteiger charge is -2.20. The number of rotatable bonds is 3. The fourth-order valence-corrected chi connectivity index (χ4v) is 2.02. The molecule has 5 nitrogen and oxygen atoms in total. The highest BCUT2D eigenvalue weighted by Gasteiger charge is 2.17. The summed E-state index contributed by atoms with van der Waals surface area (Å²) < 4.78 is 0. The molecule has 22 heavy (non-hydrogen) atoms. The normalized spacial score (nSPS) is 11.1. The molecule has 1 aromatic heterocycles. The third kappa shape index (κ3) is 4.58. The third-order valence-corrected chi connectivity index (χ3v) is 3.14. The first-order valence-electron chi connectivity index (χ1n) is 6.61. The van der Waals surface area contributed by atoms with E-state index in [1.807, 2.05) is 20.8 Å². The van der Waals surface area contributed by atoms with Crippen LogP contribution in [-0.2, 0) is 0 Å². The van der Waals surface area contributed by atoms with Gasteiger partial charge >= 0.3 is 0 Å². The minimum absolute atomic E-state index is 0.268. The fraction of sp³-hybridized carbons (Fsp3) is 0.267. The maximum absolute atomic E-state index is 12.1. The van der Waals surface area contributed by atoms with Gasteiger partial charge in [-0.15, -0.1) is 0 Å². The van der Waals surface area contributed by atoms with E-state index in [2.05, 4.69) is 20.6 Å². The summed E-state index contributed by atoms with van der Waals surface area (Å²) in [6, 6.07) is 6.61. The highest BCUT2D eigenvalue weighted by atomic mass is 35.5. The van der Waals surface area contributed by atoms with Crippen LogP contribution in [0.2, 0.25) is 10.0 Å². The predicted molar refractivity (Wildman–Crippen MR) is 89.0 cm³/mol. The van der Waals surface area contributed by atoms with Gasteiger partial charge in [0.05, 0.1) is 10.7 Å². The van der Waals surface area contributed by atoms with Crippen LogP contribution in [0.3, 0.4) is 0 Å². The molecule has 0 bridgehead atoms. The monoisotopic (exact) mass is 338 g/mol. The average molecular weight is 339 g/mol. The maximum atomic E-state index is 12.1. The van der Waals surface area contributed by atoms with Crippen LogP contribution in [0.5, 0.6) is 0 Å². The van der Waals surface area contributed by atoms with Gasteiger partial charge in [-0.25, -0.2) is 9.97 Å². The molecule has 0 atom stereocenters. The van der Waals surface area contributed by atoms with Crippen molar-refractivity contribution < 1.29 is 4.79 Å². The summed E-state index contributed by atoms with van der Waals surface area (Å²) >= 11 is 12.0. The quantitative estimate of drug-likeness (QED) is 0.885. The summed E-state index contributed by atoms with van der Waals surface area (Å²) in [5, 5.41) is 6.92. The number of carbonyl (C=O) groups excluding carboxylic acids is 1. The molecule has 0 aliphatic heterocycles. The van der Waals surface area contributed by atoms with Crippen LogP contribution in [0.1, 0.15) is 31.3 Å².